The Bertz CT molecular complexity index is 3130. The van der Waals surface area contributed by atoms with Crippen molar-refractivity contribution in [1.82, 2.24) is 0 Å². The maximum Gasteiger partial charge on any atom is 0.0714 e. The first-order chi connectivity index (χ1) is 30.5. The predicted molar refractivity (Wildman–Crippen MR) is 271 cm³/mol. The molecule has 0 N–H and O–H groups in total. The first-order valence-corrected chi connectivity index (χ1v) is 23.3. The molecular weight excluding hydrogens is 771 g/mol. The van der Waals surface area contributed by atoms with Gasteiger partial charge in [0.05, 0.1) is 11.1 Å². The zero-order chi connectivity index (χ0) is 44.6. The van der Waals surface area contributed by atoms with Gasteiger partial charge in [-0.1, -0.05) is 215 Å². The molecule has 1 heteroatoms. The molecule has 0 radical (unpaired) electrons. The van der Waals surface area contributed by atoms with E-state index in [4.69, 9.17) is 0 Å². The van der Waals surface area contributed by atoms with Gasteiger partial charge in [-0.05, 0) is 125 Å². The molecule has 8 aromatic rings. The molecule has 11 rings (SSSR count). The number of anilines is 3. The third-order valence-corrected chi connectivity index (χ3v) is 15.2. The summed E-state index contributed by atoms with van der Waals surface area (Å²) in [6.45, 7) is 23.9. The van der Waals surface area contributed by atoms with Crippen LogP contribution < -0.4 is 4.90 Å². The Morgan fingerprint density at radius 2 is 0.922 bits per heavy atom. The molecule has 1 nitrogen and oxygen atoms in total. The summed E-state index contributed by atoms with van der Waals surface area (Å²) in [6.07, 6.45) is 0. The highest BCUT2D eigenvalue weighted by Crippen LogP contribution is 2.61. The summed E-state index contributed by atoms with van der Waals surface area (Å²) in [7, 11) is 0. The van der Waals surface area contributed by atoms with Gasteiger partial charge in [0.25, 0.3) is 0 Å². The van der Waals surface area contributed by atoms with E-state index in [-0.39, 0.29) is 21.7 Å². The SMILES string of the molecule is CC(C)(C)c1cc2c(c(C(C)(C)C)c1)C(C)(C)c1ccc(N(c3ccc4c(c3)C(C)(C)c3ccccc3-4)c3cccc4c3-c3ccccc3C4(c3ccccc3)c3ccccc3)cc1-2. The van der Waals surface area contributed by atoms with Gasteiger partial charge < -0.3 is 4.90 Å². The Balaban J connectivity index is 1.22. The van der Waals surface area contributed by atoms with Gasteiger partial charge in [-0.15, -0.1) is 0 Å². The van der Waals surface area contributed by atoms with Crippen molar-refractivity contribution in [2.75, 3.05) is 4.90 Å². The zero-order valence-electron chi connectivity index (χ0n) is 39.2. The Kier molecular flexibility index (Phi) is 8.69. The smallest absolute Gasteiger partial charge is 0.0714 e. The molecule has 0 atom stereocenters. The summed E-state index contributed by atoms with van der Waals surface area (Å²) in [6, 6.07) is 67.2. The van der Waals surface area contributed by atoms with Crippen molar-refractivity contribution in [2.24, 2.45) is 0 Å². The average Bonchev–Trinajstić information content (AvgIpc) is 3.81. The molecule has 0 aromatic heterocycles. The normalized spacial score (nSPS) is 15.7. The van der Waals surface area contributed by atoms with E-state index < -0.39 is 5.41 Å². The van der Waals surface area contributed by atoms with Crippen molar-refractivity contribution >= 4 is 17.1 Å². The van der Waals surface area contributed by atoms with Crippen LogP contribution in [0.2, 0.25) is 0 Å². The Morgan fingerprint density at radius 1 is 0.375 bits per heavy atom. The van der Waals surface area contributed by atoms with Gasteiger partial charge in [-0.2, -0.15) is 0 Å². The van der Waals surface area contributed by atoms with Gasteiger partial charge >= 0.3 is 0 Å². The standard InChI is InChI=1S/C63H59N/c1-59(2,3)42-36-49-48-38-43(33-35-51(48)62(9,10)58(49)55(37-42)60(4,5)6)64(44-32-34-46-45-26-17-19-28-50(45)61(7,8)54(46)39-44)56-31-21-30-53-57(56)47-27-18-20-29-52(47)63(53,40-22-13-11-14-23-40)41-24-15-12-16-25-41/h11-39H,1-10H3. The van der Waals surface area contributed by atoms with Crippen molar-refractivity contribution < 1.29 is 0 Å². The topological polar surface area (TPSA) is 3.24 Å². The molecule has 316 valence electrons. The fourth-order valence-electron chi connectivity index (χ4n) is 12.0. The lowest BCUT2D eigenvalue weighted by Gasteiger charge is -2.34. The Morgan fingerprint density at radius 3 is 1.58 bits per heavy atom. The molecule has 0 heterocycles. The molecule has 3 aliphatic carbocycles. The number of rotatable bonds is 5. The molecule has 64 heavy (non-hydrogen) atoms. The molecule has 0 amide bonds. The summed E-state index contributed by atoms with van der Waals surface area (Å²) in [5.41, 5.74) is 24.2. The zero-order valence-corrected chi connectivity index (χ0v) is 39.2. The lowest BCUT2D eigenvalue weighted by Crippen LogP contribution is -2.28. The monoisotopic (exact) mass is 829 g/mol. The van der Waals surface area contributed by atoms with Crippen LogP contribution in [0.3, 0.4) is 0 Å². The van der Waals surface area contributed by atoms with E-state index in [1.165, 1.54) is 100 Å². The average molecular weight is 830 g/mol. The van der Waals surface area contributed by atoms with Crippen LogP contribution in [0.5, 0.6) is 0 Å². The second-order valence-electron chi connectivity index (χ2n) is 21.8. The molecular formula is C63H59N. The third kappa shape index (κ3) is 5.62. The highest BCUT2D eigenvalue weighted by atomic mass is 15.1. The van der Waals surface area contributed by atoms with Crippen molar-refractivity contribution in [3.05, 3.63) is 232 Å². The predicted octanol–water partition coefficient (Wildman–Crippen LogP) is 16.7. The van der Waals surface area contributed by atoms with Crippen LogP contribution in [0.1, 0.15) is 125 Å². The molecule has 8 aromatic carbocycles. The molecule has 0 fully saturated rings. The number of fused-ring (bicyclic) bond motifs is 9. The third-order valence-electron chi connectivity index (χ3n) is 15.2. The highest BCUT2D eigenvalue weighted by molar-refractivity contribution is 5.99. The molecule has 0 bridgehead atoms. The largest absolute Gasteiger partial charge is 0.310 e. The Labute approximate surface area is 381 Å². The van der Waals surface area contributed by atoms with Gasteiger partial charge in [0.15, 0.2) is 0 Å². The first kappa shape index (κ1) is 40.3. The van der Waals surface area contributed by atoms with E-state index in [1.807, 2.05) is 0 Å². The number of hydrogen-bond acceptors (Lipinski definition) is 1. The summed E-state index contributed by atoms with van der Waals surface area (Å²) in [5, 5.41) is 0. The quantitative estimate of drug-likeness (QED) is 0.167. The molecule has 0 saturated heterocycles. The fourth-order valence-corrected chi connectivity index (χ4v) is 12.0. The lowest BCUT2D eigenvalue weighted by atomic mass is 9.68. The molecule has 0 aliphatic heterocycles. The summed E-state index contributed by atoms with van der Waals surface area (Å²) < 4.78 is 0. The molecule has 0 spiro atoms. The minimum atomic E-state index is -0.509. The minimum Gasteiger partial charge on any atom is -0.310 e. The van der Waals surface area contributed by atoms with Gasteiger partial charge in [0.1, 0.15) is 0 Å². The molecule has 0 unspecified atom stereocenters. The van der Waals surface area contributed by atoms with Crippen LogP contribution >= 0.6 is 0 Å². The number of nitrogens with zero attached hydrogens (tertiary/aromatic N) is 1. The van der Waals surface area contributed by atoms with Crippen LogP contribution in [0.4, 0.5) is 17.1 Å². The van der Waals surface area contributed by atoms with Crippen molar-refractivity contribution in [3.8, 4) is 33.4 Å². The van der Waals surface area contributed by atoms with Crippen molar-refractivity contribution in [3.63, 3.8) is 0 Å². The van der Waals surface area contributed by atoms with Crippen LogP contribution in [0, 0.1) is 0 Å². The van der Waals surface area contributed by atoms with Gasteiger partial charge in [-0.3, -0.25) is 0 Å². The van der Waals surface area contributed by atoms with E-state index in [0.717, 1.165) is 5.69 Å². The van der Waals surface area contributed by atoms with E-state index >= 15 is 0 Å². The van der Waals surface area contributed by atoms with Crippen molar-refractivity contribution in [2.45, 2.75) is 96.3 Å². The maximum absolute atomic E-state index is 2.59. The van der Waals surface area contributed by atoms with E-state index in [2.05, 4.69) is 250 Å². The molecule has 3 aliphatic rings. The molecule has 0 saturated carbocycles. The van der Waals surface area contributed by atoms with E-state index in [1.54, 1.807) is 0 Å². The fraction of sp³-hybridized carbons (Fsp3) is 0.238. The van der Waals surface area contributed by atoms with Crippen LogP contribution in [0.25, 0.3) is 33.4 Å². The summed E-state index contributed by atoms with van der Waals surface area (Å²) in [5.74, 6) is 0. The minimum absolute atomic E-state index is 0.00234. The van der Waals surface area contributed by atoms with Crippen LogP contribution in [-0.4, -0.2) is 0 Å². The maximum atomic E-state index is 2.59. The second kappa shape index (κ2) is 13.8. The summed E-state index contributed by atoms with van der Waals surface area (Å²) in [4.78, 5) is 2.59. The summed E-state index contributed by atoms with van der Waals surface area (Å²) >= 11 is 0. The van der Waals surface area contributed by atoms with Crippen LogP contribution in [-0.2, 0) is 27.1 Å². The Hall–Kier alpha value is -6.44. The number of benzene rings is 8. The van der Waals surface area contributed by atoms with E-state index in [9.17, 15) is 0 Å². The van der Waals surface area contributed by atoms with Crippen molar-refractivity contribution in [1.29, 1.82) is 0 Å². The number of hydrogen-bond donors (Lipinski definition) is 0. The van der Waals surface area contributed by atoms with Crippen LogP contribution in [0.15, 0.2) is 176 Å². The van der Waals surface area contributed by atoms with Gasteiger partial charge in [0, 0.05) is 27.8 Å². The van der Waals surface area contributed by atoms with Gasteiger partial charge in [0.2, 0.25) is 0 Å². The first-order valence-electron chi connectivity index (χ1n) is 23.3. The highest BCUT2D eigenvalue weighted by Gasteiger charge is 2.48. The van der Waals surface area contributed by atoms with E-state index in [0.29, 0.717) is 0 Å². The van der Waals surface area contributed by atoms with Gasteiger partial charge in [-0.25, -0.2) is 0 Å². The second-order valence-corrected chi connectivity index (χ2v) is 21.8. The lowest BCUT2D eigenvalue weighted by molar-refractivity contribution is 0.545.